The average Bonchev–Trinajstić information content (AvgIpc) is 3.38. The minimum absolute atomic E-state index is 0.296. The third-order valence-corrected chi connectivity index (χ3v) is 7.98. The van der Waals surface area contributed by atoms with Crippen LogP contribution in [0.15, 0.2) is 48.5 Å². The van der Waals surface area contributed by atoms with Crippen molar-refractivity contribution in [2.75, 3.05) is 34.7 Å². The Bertz CT molecular complexity index is 1260. The SMILES string of the molecule is COc1ccc(CCCC2c3ccc(OC)c(OC)c3CN3CCc4cc5c(cc4C23)OCO5)cc1. The monoisotopic (exact) mass is 487 g/mol. The lowest BCUT2D eigenvalue weighted by Gasteiger charge is -2.46. The van der Waals surface area contributed by atoms with Gasteiger partial charge in [0.2, 0.25) is 6.79 Å². The molecule has 3 aliphatic rings. The highest BCUT2D eigenvalue weighted by molar-refractivity contribution is 5.56. The smallest absolute Gasteiger partial charge is 0.231 e. The largest absolute Gasteiger partial charge is 0.497 e. The predicted octanol–water partition coefficient (Wildman–Crippen LogP) is 5.66. The van der Waals surface area contributed by atoms with Gasteiger partial charge in [-0.2, -0.15) is 0 Å². The van der Waals surface area contributed by atoms with E-state index < -0.39 is 0 Å². The van der Waals surface area contributed by atoms with E-state index in [1.807, 2.05) is 12.1 Å². The van der Waals surface area contributed by atoms with Crippen LogP contribution >= 0.6 is 0 Å². The molecule has 3 aromatic rings. The summed E-state index contributed by atoms with van der Waals surface area (Å²) in [4.78, 5) is 2.62. The quantitative estimate of drug-likeness (QED) is 0.429. The fraction of sp³-hybridized carbons (Fsp3) is 0.400. The van der Waals surface area contributed by atoms with Gasteiger partial charge in [0, 0.05) is 30.6 Å². The molecule has 6 heteroatoms. The number of rotatable bonds is 7. The third kappa shape index (κ3) is 3.94. The van der Waals surface area contributed by atoms with Gasteiger partial charge in [-0.15, -0.1) is 0 Å². The molecule has 0 fully saturated rings. The predicted molar refractivity (Wildman–Crippen MR) is 138 cm³/mol. The minimum atomic E-state index is 0.296. The molecule has 3 aromatic carbocycles. The Balaban J connectivity index is 1.36. The lowest BCUT2D eigenvalue weighted by atomic mass is 9.74. The number of hydrogen-bond acceptors (Lipinski definition) is 6. The minimum Gasteiger partial charge on any atom is -0.497 e. The number of benzene rings is 3. The van der Waals surface area contributed by atoms with Crippen molar-refractivity contribution in [1.82, 2.24) is 4.90 Å². The number of aryl methyl sites for hydroxylation is 1. The summed E-state index contributed by atoms with van der Waals surface area (Å²) in [6.45, 7) is 2.16. The van der Waals surface area contributed by atoms with E-state index in [1.165, 1.54) is 27.8 Å². The Morgan fingerprint density at radius 2 is 1.69 bits per heavy atom. The van der Waals surface area contributed by atoms with Crippen LogP contribution in [0.2, 0.25) is 0 Å². The van der Waals surface area contributed by atoms with Crippen molar-refractivity contribution in [2.24, 2.45) is 0 Å². The summed E-state index contributed by atoms with van der Waals surface area (Å²) in [5, 5.41) is 0. The number of fused-ring (bicyclic) bond motifs is 5. The van der Waals surface area contributed by atoms with Gasteiger partial charge in [-0.3, -0.25) is 4.90 Å². The van der Waals surface area contributed by atoms with E-state index in [2.05, 4.69) is 41.3 Å². The molecule has 188 valence electrons. The first kappa shape index (κ1) is 23.0. The first-order valence-corrected chi connectivity index (χ1v) is 12.7. The Hall–Kier alpha value is -3.38. The number of hydrogen-bond donors (Lipinski definition) is 0. The molecule has 0 bridgehead atoms. The fourth-order valence-electron chi connectivity index (χ4n) is 6.26. The number of methoxy groups -OCH3 is 3. The van der Waals surface area contributed by atoms with Gasteiger partial charge in [-0.1, -0.05) is 18.2 Å². The van der Waals surface area contributed by atoms with Crippen molar-refractivity contribution in [3.63, 3.8) is 0 Å². The third-order valence-electron chi connectivity index (χ3n) is 7.98. The van der Waals surface area contributed by atoms with E-state index in [0.717, 1.165) is 67.5 Å². The standard InChI is InChI=1S/C30H33NO5/c1-32-21-9-7-19(8-10-21)5-4-6-23-22-11-12-26(33-2)30(34-3)25(22)17-31-14-13-20-15-27-28(36-18-35-27)16-24(20)29(23)31/h7-12,15-16,23,29H,4-6,13-14,17-18H2,1-3H3. The van der Waals surface area contributed by atoms with E-state index in [-0.39, 0.29) is 0 Å². The van der Waals surface area contributed by atoms with Crippen molar-refractivity contribution in [3.05, 3.63) is 76.3 Å². The van der Waals surface area contributed by atoms with Gasteiger partial charge in [-0.05, 0) is 78.3 Å². The molecule has 3 heterocycles. The van der Waals surface area contributed by atoms with Crippen LogP contribution in [0.4, 0.5) is 0 Å². The van der Waals surface area contributed by atoms with Gasteiger partial charge in [0.25, 0.3) is 0 Å². The van der Waals surface area contributed by atoms with E-state index in [9.17, 15) is 0 Å². The number of nitrogens with zero attached hydrogens (tertiary/aromatic N) is 1. The van der Waals surface area contributed by atoms with Crippen molar-refractivity contribution < 1.29 is 23.7 Å². The molecule has 0 amide bonds. The molecular weight excluding hydrogens is 454 g/mol. The van der Waals surface area contributed by atoms with E-state index >= 15 is 0 Å². The van der Waals surface area contributed by atoms with Crippen LogP contribution in [-0.2, 0) is 19.4 Å². The normalized spacial score (nSPS) is 19.8. The molecule has 0 spiro atoms. The van der Waals surface area contributed by atoms with Crippen LogP contribution in [0.25, 0.3) is 0 Å². The van der Waals surface area contributed by atoms with Crippen LogP contribution < -0.4 is 23.7 Å². The molecule has 0 N–H and O–H groups in total. The highest BCUT2D eigenvalue weighted by atomic mass is 16.7. The topological polar surface area (TPSA) is 49.4 Å². The van der Waals surface area contributed by atoms with E-state index in [1.54, 1.807) is 21.3 Å². The molecule has 2 atom stereocenters. The van der Waals surface area contributed by atoms with Gasteiger partial charge >= 0.3 is 0 Å². The summed E-state index contributed by atoms with van der Waals surface area (Å²) in [6.07, 6.45) is 4.20. The summed E-state index contributed by atoms with van der Waals surface area (Å²) in [6, 6.07) is 17.5. The summed E-state index contributed by atoms with van der Waals surface area (Å²) in [5.41, 5.74) is 6.72. The molecule has 0 radical (unpaired) electrons. The molecule has 0 saturated heterocycles. The van der Waals surface area contributed by atoms with Gasteiger partial charge < -0.3 is 23.7 Å². The highest BCUT2D eigenvalue weighted by Crippen LogP contribution is 2.53. The first-order chi connectivity index (χ1) is 17.7. The zero-order valence-corrected chi connectivity index (χ0v) is 21.2. The van der Waals surface area contributed by atoms with Crippen LogP contribution in [0.5, 0.6) is 28.7 Å². The van der Waals surface area contributed by atoms with Crippen molar-refractivity contribution >= 4 is 0 Å². The molecule has 6 rings (SSSR count). The second kappa shape index (κ2) is 9.58. The Kier molecular flexibility index (Phi) is 6.13. The average molecular weight is 488 g/mol. The van der Waals surface area contributed by atoms with Crippen LogP contribution in [0.3, 0.4) is 0 Å². The Morgan fingerprint density at radius 3 is 2.44 bits per heavy atom. The molecule has 36 heavy (non-hydrogen) atoms. The summed E-state index contributed by atoms with van der Waals surface area (Å²) < 4.78 is 28.3. The maximum absolute atomic E-state index is 5.89. The van der Waals surface area contributed by atoms with Crippen molar-refractivity contribution in [3.8, 4) is 28.7 Å². The first-order valence-electron chi connectivity index (χ1n) is 12.7. The van der Waals surface area contributed by atoms with Gasteiger partial charge in [-0.25, -0.2) is 0 Å². The molecule has 0 aliphatic carbocycles. The van der Waals surface area contributed by atoms with Crippen LogP contribution in [0, 0.1) is 0 Å². The van der Waals surface area contributed by atoms with Crippen LogP contribution in [0.1, 0.15) is 52.6 Å². The van der Waals surface area contributed by atoms with Gasteiger partial charge in [0.15, 0.2) is 23.0 Å². The fourth-order valence-corrected chi connectivity index (χ4v) is 6.26. The number of ether oxygens (including phenoxy) is 5. The molecule has 2 unspecified atom stereocenters. The van der Waals surface area contributed by atoms with Crippen molar-refractivity contribution in [1.29, 1.82) is 0 Å². The van der Waals surface area contributed by atoms with E-state index in [0.29, 0.717) is 18.8 Å². The van der Waals surface area contributed by atoms with Gasteiger partial charge in [0.05, 0.1) is 21.3 Å². The highest BCUT2D eigenvalue weighted by Gasteiger charge is 2.41. The maximum atomic E-state index is 5.89. The lowest BCUT2D eigenvalue weighted by molar-refractivity contribution is 0.126. The van der Waals surface area contributed by atoms with E-state index in [4.69, 9.17) is 23.7 Å². The van der Waals surface area contributed by atoms with Crippen molar-refractivity contribution in [2.45, 2.75) is 44.2 Å². The molecule has 0 saturated carbocycles. The molecule has 3 aliphatic heterocycles. The summed E-state index contributed by atoms with van der Waals surface area (Å²) in [5.74, 6) is 4.64. The second-order valence-corrected chi connectivity index (χ2v) is 9.79. The maximum Gasteiger partial charge on any atom is 0.231 e. The molecular formula is C30H33NO5. The zero-order chi connectivity index (χ0) is 24.6. The summed E-state index contributed by atoms with van der Waals surface area (Å²) in [7, 11) is 5.16. The Labute approximate surface area is 212 Å². The van der Waals surface area contributed by atoms with Gasteiger partial charge in [0.1, 0.15) is 5.75 Å². The molecule has 6 nitrogen and oxygen atoms in total. The lowest BCUT2D eigenvalue weighted by Crippen LogP contribution is -2.42. The van der Waals surface area contributed by atoms with Crippen LogP contribution in [-0.4, -0.2) is 39.6 Å². The zero-order valence-electron chi connectivity index (χ0n) is 21.2. The Morgan fingerprint density at radius 1 is 0.889 bits per heavy atom. The molecule has 0 aromatic heterocycles. The second-order valence-electron chi connectivity index (χ2n) is 9.79. The summed E-state index contributed by atoms with van der Waals surface area (Å²) >= 11 is 0.